The highest BCUT2D eigenvalue weighted by molar-refractivity contribution is 9.10. The SMILES string of the molecule is NC(Cc1ccc(O)c(O)c1)c1nc2ccc(Br)cc2s1. The van der Waals surface area contributed by atoms with E-state index < -0.39 is 0 Å². The van der Waals surface area contributed by atoms with Gasteiger partial charge in [-0.05, 0) is 42.3 Å². The summed E-state index contributed by atoms with van der Waals surface area (Å²) >= 11 is 5.01. The smallest absolute Gasteiger partial charge is 0.157 e. The topological polar surface area (TPSA) is 79.4 Å². The molecular formula is C15H13BrN2O2S. The third-order valence-electron chi connectivity index (χ3n) is 3.18. The number of phenols is 2. The van der Waals surface area contributed by atoms with Gasteiger partial charge in [0.1, 0.15) is 5.01 Å². The van der Waals surface area contributed by atoms with Crippen LogP contribution in [-0.4, -0.2) is 15.2 Å². The third kappa shape index (κ3) is 3.02. The Bertz CT molecular complexity index is 803. The van der Waals surface area contributed by atoms with Gasteiger partial charge in [0.25, 0.3) is 0 Å². The van der Waals surface area contributed by atoms with Crippen molar-refractivity contribution in [2.45, 2.75) is 12.5 Å². The number of phenolic OH excluding ortho intramolecular Hbond substituents is 2. The summed E-state index contributed by atoms with van der Waals surface area (Å²) in [6.07, 6.45) is 0.550. The maximum atomic E-state index is 9.52. The lowest BCUT2D eigenvalue weighted by molar-refractivity contribution is 0.403. The van der Waals surface area contributed by atoms with Crippen LogP contribution >= 0.6 is 27.3 Å². The second-order valence-electron chi connectivity index (χ2n) is 4.80. The number of fused-ring (bicyclic) bond motifs is 1. The monoisotopic (exact) mass is 364 g/mol. The number of rotatable bonds is 3. The van der Waals surface area contributed by atoms with Crippen LogP contribution in [0.3, 0.4) is 0 Å². The fourth-order valence-corrected chi connectivity index (χ4v) is 3.63. The van der Waals surface area contributed by atoms with Crippen LogP contribution in [0.15, 0.2) is 40.9 Å². The Morgan fingerprint density at radius 2 is 1.95 bits per heavy atom. The van der Waals surface area contributed by atoms with E-state index in [1.54, 1.807) is 17.4 Å². The quantitative estimate of drug-likeness (QED) is 0.618. The second-order valence-corrected chi connectivity index (χ2v) is 6.78. The van der Waals surface area contributed by atoms with Crippen LogP contribution in [0, 0.1) is 0 Å². The lowest BCUT2D eigenvalue weighted by Gasteiger charge is -2.09. The molecule has 1 heterocycles. The van der Waals surface area contributed by atoms with Gasteiger partial charge < -0.3 is 15.9 Å². The number of aromatic hydroxyl groups is 2. The fourth-order valence-electron chi connectivity index (χ4n) is 2.11. The molecule has 0 spiro atoms. The molecule has 1 aromatic heterocycles. The average Bonchev–Trinajstić information content (AvgIpc) is 2.86. The fraction of sp³-hybridized carbons (Fsp3) is 0.133. The summed E-state index contributed by atoms with van der Waals surface area (Å²) in [6.45, 7) is 0. The van der Waals surface area contributed by atoms with Crippen molar-refractivity contribution in [3.8, 4) is 11.5 Å². The Kier molecular flexibility index (Phi) is 3.84. The molecule has 0 bridgehead atoms. The highest BCUT2D eigenvalue weighted by atomic mass is 79.9. The summed E-state index contributed by atoms with van der Waals surface area (Å²) in [4.78, 5) is 4.55. The van der Waals surface area contributed by atoms with E-state index in [9.17, 15) is 10.2 Å². The van der Waals surface area contributed by atoms with Gasteiger partial charge in [-0.3, -0.25) is 0 Å². The molecule has 0 saturated heterocycles. The maximum absolute atomic E-state index is 9.52. The molecule has 0 aliphatic rings. The van der Waals surface area contributed by atoms with Gasteiger partial charge >= 0.3 is 0 Å². The molecule has 108 valence electrons. The van der Waals surface area contributed by atoms with Crippen LogP contribution in [0.2, 0.25) is 0 Å². The van der Waals surface area contributed by atoms with Gasteiger partial charge in [0, 0.05) is 4.47 Å². The molecule has 4 nitrogen and oxygen atoms in total. The van der Waals surface area contributed by atoms with Gasteiger partial charge in [0.15, 0.2) is 11.5 Å². The molecule has 3 aromatic rings. The van der Waals surface area contributed by atoms with Gasteiger partial charge in [-0.2, -0.15) is 0 Å². The van der Waals surface area contributed by atoms with Crippen molar-refractivity contribution in [3.05, 3.63) is 51.4 Å². The Morgan fingerprint density at radius 3 is 2.71 bits per heavy atom. The summed E-state index contributed by atoms with van der Waals surface area (Å²) in [6, 6.07) is 10.4. The molecule has 0 aliphatic heterocycles. The van der Waals surface area contributed by atoms with Gasteiger partial charge in [-0.15, -0.1) is 11.3 Å². The number of aromatic nitrogens is 1. The molecule has 3 rings (SSSR count). The zero-order valence-electron chi connectivity index (χ0n) is 11.0. The van der Waals surface area contributed by atoms with Gasteiger partial charge in [0.2, 0.25) is 0 Å². The normalized spacial score (nSPS) is 12.7. The van der Waals surface area contributed by atoms with Gasteiger partial charge in [-0.25, -0.2) is 4.98 Å². The van der Waals surface area contributed by atoms with Crippen molar-refractivity contribution in [2.75, 3.05) is 0 Å². The molecule has 6 heteroatoms. The minimum Gasteiger partial charge on any atom is -0.504 e. The van der Waals surface area contributed by atoms with Crippen molar-refractivity contribution in [2.24, 2.45) is 5.73 Å². The Labute approximate surface area is 134 Å². The van der Waals surface area contributed by atoms with Crippen molar-refractivity contribution in [3.63, 3.8) is 0 Å². The van der Waals surface area contributed by atoms with Crippen LogP contribution in [0.1, 0.15) is 16.6 Å². The average molecular weight is 365 g/mol. The molecule has 21 heavy (non-hydrogen) atoms. The molecule has 1 unspecified atom stereocenters. The van der Waals surface area contributed by atoms with Crippen LogP contribution in [0.4, 0.5) is 0 Å². The van der Waals surface area contributed by atoms with Crippen LogP contribution in [-0.2, 0) is 6.42 Å². The first-order chi connectivity index (χ1) is 10.0. The number of halogens is 1. The zero-order valence-corrected chi connectivity index (χ0v) is 13.4. The van der Waals surface area contributed by atoms with E-state index in [4.69, 9.17) is 5.73 Å². The standard InChI is InChI=1S/C15H13BrN2O2S/c16-9-2-3-11-14(7-9)21-15(18-11)10(17)5-8-1-4-12(19)13(20)6-8/h1-4,6-7,10,19-20H,5,17H2. The minimum absolute atomic E-state index is 0.128. The molecule has 0 radical (unpaired) electrons. The number of hydrogen-bond acceptors (Lipinski definition) is 5. The molecule has 0 aliphatic carbocycles. The molecule has 0 saturated carbocycles. The third-order valence-corrected chi connectivity index (χ3v) is 4.82. The number of hydrogen-bond donors (Lipinski definition) is 3. The summed E-state index contributed by atoms with van der Waals surface area (Å²) < 4.78 is 2.10. The van der Waals surface area contributed by atoms with Crippen LogP contribution in [0.25, 0.3) is 10.2 Å². The second kappa shape index (κ2) is 5.63. The first kappa shape index (κ1) is 14.3. The summed E-state index contributed by atoms with van der Waals surface area (Å²) in [5.41, 5.74) is 8.00. The first-order valence-electron chi connectivity index (χ1n) is 6.35. The van der Waals surface area contributed by atoms with E-state index in [0.717, 1.165) is 25.3 Å². The molecular weight excluding hydrogens is 352 g/mol. The van der Waals surface area contributed by atoms with E-state index in [1.807, 2.05) is 18.2 Å². The van der Waals surface area contributed by atoms with Crippen molar-refractivity contribution in [1.82, 2.24) is 4.98 Å². The lowest BCUT2D eigenvalue weighted by Crippen LogP contribution is -2.12. The van der Waals surface area contributed by atoms with Crippen LogP contribution < -0.4 is 5.73 Å². The Morgan fingerprint density at radius 1 is 1.14 bits per heavy atom. The number of nitrogens with two attached hydrogens (primary N) is 1. The van der Waals surface area contributed by atoms with Gasteiger partial charge in [0.05, 0.1) is 16.3 Å². The van der Waals surface area contributed by atoms with Crippen molar-refractivity contribution in [1.29, 1.82) is 0 Å². The molecule has 1 atom stereocenters. The van der Waals surface area contributed by atoms with E-state index in [0.29, 0.717) is 6.42 Å². The molecule has 2 aromatic carbocycles. The largest absolute Gasteiger partial charge is 0.504 e. The van der Waals surface area contributed by atoms with Gasteiger partial charge in [-0.1, -0.05) is 22.0 Å². The Balaban J connectivity index is 1.85. The predicted molar refractivity (Wildman–Crippen MR) is 87.7 cm³/mol. The summed E-state index contributed by atoms with van der Waals surface area (Å²) in [5, 5.41) is 19.7. The van der Waals surface area contributed by atoms with E-state index in [-0.39, 0.29) is 17.5 Å². The summed E-state index contributed by atoms with van der Waals surface area (Å²) in [7, 11) is 0. The summed E-state index contributed by atoms with van der Waals surface area (Å²) in [5.74, 6) is -0.259. The molecule has 4 N–H and O–H groups in total. The maximum Gasteiger partial charge on any atom is 0.157 e. The number of benzene rings is 2. The lowest BCUT2D eigenvalue weighted by atomic mass is 10.1. The zero-order chi connectivity index (χ0) is 15.0. The Hall–Kier alpha value is -1.63. The first-order valence-corrected chi connectivity index (χ1v) is 7.96. The highest BCUT2D eigenvalue weighted by Gasteiger charge is 2.14. The number of thiazole rings is 1. The highest BCUT2D eigenvalue weighted by Crippen LogP contribution is 2.31. The molecule has 0 fully saturated rings. The van der Waals surface area contributed by atoms with E-state index in [2.05, 4.69) is 20.9 Å². The number of nitrogens with zero attached hydrogens (tertiary/aromatic N) is 1. The minimum atomic E-state index is -0.245. The molecule has 0 amide bonds. The van der Waals surface area contributed by atoms with Crippen molar-refractivity contribution >= 4 is 37.5 Å². The predicted octanol–water partition coefficient (Wildman–Crippen LogP) is 3.71. The van der Waals surface area contributed by atoms with Crippen molar-refractivity contribution < 1.29 is 10.2 Å². The van der Waals surface area contributed by atoms with E-state index in [1.165, 1.54) is 12.1 Å². The van der Waals surface area contributed by atoms with Crippen LogP contribution in [0.5, 0.6) is 11.5 Å². The van der Waals surface area contributed by atoms with E-state index >= 15 is 0 Å².